The first-order valence-electron chi connectivity index (χ1n) is 8.27. The van der Waals surface area contributed by atoms with Crippen molar-refractivity contribution in [2.24, 2.45) is 7.05 Å². The van der Waals surface area contributed by atoms with Crippen molar-refractivity contribution < 1.29 is 9.47 Å². The lowest BCUT2D eigenvalue weighted by Crippen LogP contribution is -1.97. The lowest BCUT2D eigenvalue weighted by Gasteiger charge is -2.09. The van der Waals surface area contributed by atoms with Gasteiger partial charge in [-0.05, 0) is 23.8 Å². The highest BCUT2D eigenvalue weighted by atomic mass is 32.2. The molecule has 0 aliphatic carbocycles. The third-order valence-electron chi connectivity index (χ3n) is 4.05. The van der Waals surface area contributed by atoms with Crippen LogP contribution >= 0.6 is 11.8 Å². The van der Waals surface area contributed by atoms with Gasteiger partial charge in [-0.25, -0.2) is 0 Å². The minimum Gasteiger partial charge on any atom is -0.490 e. The fraction of sp³-hybridized carbons (Fsp3) is 0.263. The van der Waals surface area contributed by atoms with Crippen molar-refractivity contribution in [2.75, 3.05) is 13.2 Å². The summed E-state index contributed by atoms with van der Waals surface area (Å²) >= 11 is 1.68. The molecule has 3 aromatic rings. The summed E-state index contributed by atoms with van der Waals surface area (Å²) in [6.07, 6.45) is 0.897. The lowest BCUT2D eigenvalue weighted by molar-refractivity contribution is 0.297. The smallest absolute Gasteiger partial charge is 0.191 e. The minimum atomic E-state index is 0.674. The van der Waals surface area contributed by atoms with Gasteiger partial charge >= 0.3 is 0 Å². The SMILES string of the molecule is Cn1c(SCc2ccccc2)nnc1-c1ccc2c(c1)OCCCO2. The predicted octanol–water partition coefficient (Wildman–Crippen LogP) is 3.94. The van der Waals surface area contributed by atoms with Crippen LogP contribution in [0.2, 0.25) is 0 Å². The Kier molecular flexibility index (Phi) is 4.61. The van der Waals surface area contributed by atoms with Crippen molar-refractivity contribution in [3.8, 4) is 22.9 Å². The fourth-order valence-electron chi connectivity index (χ4n) is 2.72. The molecule has 1 aliphatic rings. The molecular formula is C19H19N3O2S. The molecule has 6 heteroatoms. The molecule has 1 aromatic heterocycles. The topological polar surface area (TPSA) is 49.2 Å². The number of fused-ring (bicyclic) bond motifs is 1. The van der Waals surface area contributed by atoms with Gasteiger partial charge in [-0.3, -0.25) is 0 Å². The Morgan fingerprint density at radius 2 is 1.80 bits per heavy atom. The standard InChI is InChI=1S/C19H19N3O2S/c1-22-18(15-8-9-16-17(12-15)24-11-5-10-23-16)20-21-19(22)25-13-14-6-3-2-4-7-14/h2-4,6-9,12H,5,10-11,13H2,1H3. The van der Waals surface area contributed by atoms with Gasteiger partial charge in [-0.15, -0.1) is 10.2 Å². The normalized spacial score (nSPS) is 13.5. The minimum absolute atomic E-state index is 0.674. The van der Waals surface area contributed by atoms with Crippen LogP contribution in [0.1, 0.15) is 12.0 Å². The summed E-state index contributed by atoms with van der Waals surface area (Å²) in [4.78, 5) is 0. The quantitative estimate of drug-likeness (QED) is 0.665. The van der Waals surface area contributed by atoms with E-state index in [0.29, 0.717) is 13.2 Å². The van der Waals surface area contributed by atoms with Gasteiger partial charge in [0.15, 0.2) is 22.5 Å². The molecule has 2 heterocycles. The zero-order valence-electron chi connectivity index (χ0n) is 14.0. The Hall–Kier alpha value is -2.47. The Bertz CT molecular complexity index is 864. The van der Waals surface area contributed by atoms with Crippen LogP contribution in [0.3, 0.4) is 0 Å². The van der Waals surface area contributed by atoms with E-state index in [0.717, 1.165) is 40.2 Å². The summed E-state index contributed by atoms with van der Waals surface area (Å²) in [5.74, 6) is 3.26. The van der Waals surface area contributed by atoms with Crippen LogP contribution in [0.25, 0.3) is 11.4 Å². The number of benzene rings is 2. The third-order valence-corrected chi connectivity index (χ3v) is 5.14. The van der Waals surface area contributed by atoms with Crippen LogP contribution in [0.5, 0.6) is 11.5 Å². The van der Waals surface area contributed by atoms with Crippen LogP contribution < -0.4 is 9.47 Å². The maximum atomic E-state index is 5.77. The van der Waals surface area contributed by atoms with Crippen molar-refractivity contribution in [3.63, 3.8) is 0 Å². The van der Waals surface area contributed by atoms with Crippen molar-refractivity contribution in [1.29, 1.82) is 0 Å². The van der Waals surface area contributed by atoms with Crippen LogP contribution in [-0.4, -0.2) is 28.0 Å². The largest absolute Gasteiger partial charge is 0.490 e. The highest BCUT2D eigenvalue weighted by Gasteiger charge is 2.16. The summed E-state index contributed by atoms with van der Waals surface area (Å²) in [7, 11) is 1.99. The molecule has 0 fully saturated rings. The second-order valence-electron chi connectivity index (χ2n) is 5.85. The molecule has 0 radical (unpaired) electrons. The number of thioether (sulfide) groups is 1. The molecule has 1 aliphatic heterocycles. The summed E-state index contributed by atoms with van der Waals surface area (Å²) in [6.45, 7) is 1.37. The van der Waals surface area contributed by atoms with Crippen LogP contribution in [0.4, 0.5) is 0 Å². The average Bonchev–Trinajstić information content (AvgIpc) is 2.86. The lowest BCUT2D eigenvalue weighted by atomic mass is 10.2. The van der Waals surface area contributed by atoms with E-state index in [1.807, 2.05) is 35.9 Å². The zero-order chi connectivity index (χ0) is 17.1. The number of rotatable bonds is 4. The van der Waals surface area contributed by atoms with Gasteiger partial charge in [0.05, 0.1) is 13.2 Å². The van der Waals surface area contributed by atoms with Crippen molar-refractivity contribution in [1.82, 2.24) is 14.8 Å². The Morgan fingerprint density at radius 1 is 1.00 bits per heavy atom. The summed E-state index contributed by atoms with van der Waals surface area (Å²) in [6, 6.07) is 16.3. The second-order valence-corrected chi connectivity index (χ2v) is 6.79. The highest BCUT2D eigenvalue weighted by Crippen LogP contribution is 2.34. The van der Waals surface area contributed by atoms with E-state index in [1.54, 1.807) is 11.8 Å². The number of hydrogen-bond donors (Lipinski definition) is 0. The first kappa shape index (κ1) is 16.0. The van der Waals surface area contributed by atoms with Gasteiger partial charge in [0, 0.05) is 24.8 Å². The van der Waals surface area contributed by atoms with Gasteiger partial charge < -0.3 is 14.0 Å². The predicted molar refractivity (Wildman–Crippen MR) is 98.0 cm³/mol. The van der Waals surface area contributed by atoms with E-state index in [9.17, 15) is 0 Å². The highest BCUT2D eigenvalue weighted by molar-refractivity contribution is 7.98. The van der Waals surface area contributed by atoms with Crippen LogP contribution in [0, 0.1) is 0 Å². The summed E-state index contributed by atoms with van der Waals surface area (Å²) in [5.41, 5.74) is 2.25. The van der Waals surface area contributed by atoms with Crippen molar-refractivity contribution in [3.05, 3.63) is 54.1 Å². The number of aromatic nitrogens is 3. The maximum absolute atomic E-state index is 5.77. The summed E-state index contributed by atoms with van der Waals surface area (Å²) < 4.78 is 13.5. The maximum Gasteiger partial charge on any atom is 0.191 e. The van der Waals surface area contributed by atoms with Gasteiger partial charge in [-0.1, -0.05) is 42.1 Å². The molecule has 2 aromatic carbocycles. The number of nitrogens with zero attached hydrogens (tertiary/aromatic N) is 3. The molecule has 128 valence electrons. The first-order chi connectivity index (χ1) is 12.3. The Labute approximate surface area is 151 Å². The monoisotopic (exact) mass is 353 g/mol. The Morgan fingerprint density at radius 3 is 2.64 bits per heavy atom. The molecule has 4 rings (SSSR count). The van der Waals surface area contributed by atoms with Crippen molar-refractivity contribution in [2.45, 2.75) is 17.3 Å². The summed E-state index contributed by atoms with van der Waals surface area (Å²) in [5, 5.41) is 9.60. The molecule has 0 saturated heterocycles. The average molecular weight is 353 g/mol. The van der Waals surface area contributed by atoms with E-state index in [-0.39, 0.29) is 0 Å². The molecule has 25 heavy (non-hydrogen) atoms. The molecule has 0 amide bonds. The van der Waals surface area contributed by atoms with E-state index in [4.69, 9.17) is 9.47 Å². The van der Waals surface area contributed by atoms with E-state index < -0.39 is 0 Å². The third kappa shape index (κ3) is 3.49. The van der Waals surface area contributed by atoms with Crippen molar-refractivity contribution >= 4 is 11.8 Å². The van der Waals surface area contributed by atoms with E-state index >= 15 is 0 Å². The zero-order valence-corrected chi connectivity index (χ0v) is 14.8. The molecule has 0 spiro atoms. The number of hydrogen-bond acceptors (Lipinski definition) is 5. The van der Waals surface area contributed by atoms with E-state index in [1.165, 1.54) is 5.56 Å². The van der Waals surface area contributed by atoms with Gasteiger partial charge in [0.25, 0.3) is 0 Å². The molecule has 0 N–H and O–H groups in total. The van der Waals surface area contributed by atoms with Crippen LogP contribution in [0.15, 0.2) is 53.7 Å². The van der Waals surface area contributed by atoms with Gasteiger partial charge in [0.1, 0.15) is 0 Å². The molecule has 0 bridgehead atoms. The van der Waals surface area contributed by atoms with Gasteiger partial charge in [0.2, 0.25) is 0 Å². The molecule has 0 atom stereocenters. The molecule has 0 unspecified atom stereocenters. The Balaban J connectivity index is 1.55. The molecule has 0 saturated carbocycles. The molecule has 5 nitrogen and oxygen atoms in total. The molecular weight excluding hydrogens is 334 g/mol. The fourth-order valence-corrected chi connectivity index (χ4v) is 3.58. The van der Waals surface area contributed by atoms with Gasteiger partial charge in [-0.2, -0.15) is 0 Å². The van der Waals surface area contributed by atoms with Crippen LogP contribution in [-0.2, 0) is 12.8 Å². The first-order valence-corrected chi connectivity index (χ1v) is 9.26. The van der Waals surface area contributed by atoms with E-state index in [2.05, 4.69) is 34.5 Å². The number of ether oxygens (including phenoxy) is 2. The second kappa shape index (κ2) is 7.19.